The molecule has 1 rings (SSSR count). The van der Waals surface area contributed by atoms with Crippen molar-refractivity contribution >= 4 is 18.2 Å². The third kappa shape index (κ3) is 1.93. The van der Waals surface area contributed by atoms with Gasteiger partial charge in [0.15, 0.2) is 6.29 Å². The highest BCUT2D eigenvalue weighted by molar-refractivity contribution is 5.94. The van der Waals surface area contributed by atoms with E-state index in [1.807, 2.05) is 6.92 Å². The lowest BCUT2D eigenvalue weighted by molar-refractivity contribution is 0.112. The van der Waals surface area contributed by atoms with Gasteiger partial charge in [-0.3, -0.25) is 4.79 Å². The van der Waals surface area contributed by atoms with Crippen LogP contribution < -0.4 is 5.32 Å². The Morgan fingerprint density at radius 3 is 2.69 bits per heavy atom. The van der Waals surface area contributed by atoms with Gasteiger partial charge in [-0.1, -0.05) is 12.1 Å². The summed E-state index contributed by atoms with van der Waals surface area (Å²) in [6, 6.07) is 5.31. The summed E-state index contributed by atoms with van der Waals surface area (Å²) in [6.45, 7) is 2.70. The minimum atomic E-state index is 0.600. The fraction of sp³-hybridized carbons (Fsp3) is 0.200. The largest absolute Gasteiger partial charge is 0.384 e. The molecule has 1 aromatic carbocycles. The molecule has 0 saturated carbocycles. The predicted molar refractivity (Wildman–Crippen MR) is 53.9 cm³/mol. The summed E-state index contributed by atoms with van der Waals surface area (Å²) < 4.78 is 0. The van der Waals surface area contributed by atoms with E-state index in [0.717, 1.165) is 24.1 Å². The van der Waals surface area contributed by atoms with Gasteiger partial charge in [0.1, 0.15) is 0 Å². The lowest BCUT2D eigenvalue weighted by Crippen LogP contribution is -2.03. The van der Waals surface area contributed by atoms with E-state index in [4.69, 9.17) is 5.41 Å². The monoisotopic (exact) mass is 176 g/mol. The van der Waals surface area contributed by atoms with Crippen molar-refractivity contribution in [2.24, 2.45) is 0 Å². The highest BCUT2D eigenvalue weighted by Crippen LogP contribution is 2.17. The fourth-order valence-electron chi connectivity index (χ4n) is 1.19. The Balaban J connectivity index is 3.20. The van der Waals surface area contributed by atoms with E-state index in [2.05, 4.69) is 5.32 Å². The van der Waals surface area contributed by atoms with Crippen molar-refractivity contribution in [3.8, 4) is 0 Å². The first kappa shape index (κ1) is 9.45. The maximum absolute atomic E-state index is 10.7. The van der Waals surface area contributed by atoms with Crippen LogP contribution >= 0.6 is 0 Å². The number of hydrogen-bond donors (Lipinski definition) is 2. The van der Waals surface area contributed by atoms with E-state index in [0.29, 0.717) is 5.56 Å². The van der Waals surface area contributed by atoms with E-state index in [9.17, 15) is 4.79 Å². The maximum Gasteiger partial charge on any atom is 0.152 e. The third-order valence-corrected chi connectivity index (χ3v) is 1.76. The molecule has 1 aromatic rings. The first-order valence-electron chi connectivity index (χ1n) is 4.16. The molecule has 0 bridgehead atoms. The van der Waals surface area contributed by atoms with E-state index >= 15 is 0 Å². The lowest BCUT2D eigenvalue weighted by Gasteiger charge is -2.08. The SMILES string of the molecule is CCNc1c(C=N)cccc1C=O. The number of rotatable bonds is 4. The molecule has 0 aliphatic heterocycles. The van der Waals surface area contributed by atoms with E-state index < -0.39 is 0 Å². The van der Waals surface area contributed by atoms with Gasteiger partial charge >= 0.3 is 0 Å². The first-order chi connectivity index (χ1) is 6.33. The maximum atomic E-state index is 10.7. The van der Waals surface area contributed by atoms with Crippen molar-refractivity contribution in [1.29, 1.82) is 5.41 Å². The van der Waals surface area contributed by atoms with Crippen molar-refractivity contribution in [2.75, 3.05) is 11.9 Å². The predicted octanol–water partition coefficient (Wildman–Crippen LogP) is 1.93. The molecule has 0 amide bonds. The average Bonchev–Trinajstić information content (AvgIpc) is 2.18. The quantitative estimate of drug-likeness (QED) is 0.544. The molecule has 3 nitrogen and oxygen atoms in total. The Hall–Kier alpha value is -1.64. The van der Waals surface area contributed by atoms with E-state index in [1.165, 1.54) is 6.21 Å². The molecule has 0 aliphatic carbocycles. The molecule has 0 aromatic heterocycles. The molecule has 2 N–H and O–H groups in total. The molecule has 0 spiro atoms. The Morgan fingerprint density at radius 1 is 1.46 bits per heavy atom. The summed E-state index contributed by atoms with van der Waals surface area (Å²) in [6.07, 6.45) is 2.04. The second-order valence-corrected chi connectivity index (χ2v) is 2.60. The topological polar surface area (TPSA) is 53.0 Å². The lowest BCUT2D eigenvalue weighted by atomic mass is 10.1. The zero-order valence-corrected chi connectivity index (χ0v) is 7.50. The fourth-order valence-corrected chi connectivity index (χ4v) is 1.19. The second kappa shape index (κ2) is 4.40. The van der Waals surface area contributed by atoms with Gasteiger partial charge in [-0.25, -0.2) is 0 Å². The van der Waals surface area contributed by atoms with Gasteiger partial charge in [0.05, 0.1) is 5.69 Å². The number of hydrogen-bond acceptors (Lipinski definition) is 3. The standard InChI is InChI=1S/C10H12N2O/c1-2-12-10-8(6-11)4-3-5-9(10)7-13/h3-7,11-12H,2H2,1H3. The van der Waals surface area contributed by atoms with Gasteiger partial charge in [0.25, 0.3) is 0 Å². The molecule has 3 heteroatoms. The van der Waals surface area contributed by atoms with Crippen molar-refractivity contribution in [3.63, 3.8) is 0 Å². The van der Waals surface area contributed by atoms with Gasteiger partial charge < -0.3 is 10.7 Å². The molecule has 13 heavy (non-hydrogen) atoms. The van der Waals surface area contributed by atoms with Crippen LogP contribution in [-0.4, -0.2) is 19.0 Å². The minimum absolute atomic E-state index is 0.600. The van der Waals surface area contributed by atoms with Crippen LogP contribution in [0.2, 0.25) is 0 Å². The molecular weight excluding hydrogens is 164 g/mol. The molecule has 0 unspecified atom stereocenters. The number of nitrogens with one attached hydrogen (secondary N) is 2. The highest BCUT2D eigenvalue weighted by Gasteiger charge is 2.03. The summed E-state index contributed by atoms with van der Waals surface area (Å²) in [7, 11) is 0. The molecule has 0 radical (unpaired) electrons. The number of anilines is 1. The van der Waals surface area contributed by atoms with Crippen LogP contribution in [0, 0.1) is 5.41 Å². The Bertz CT molecular complexity index is 294. The van der Waals surface area contributed by atoms with Crippen LogP contribution in [0.15, 0.2) is 18.2 Å². The van der Waals surface area contributed by atoms with Crippen LogP contribution in [0.25, 0.3) is 0 Å². The molecule has 0 saturated heterocycles. The first-order valence-corrected chi connectivity index (χ1v) is 4.16. The zero-order chi connectivity index (χ0) is 9.68. The van der Waals surface area contributed by atoms with Crippen molar-refractivity contribution in [1.82, 2.24) is 0 Å². The van der Waals surface area contributed by atoms with Crippen LogP contribution in [0.5, 0.6) is 0 Å². The number of aldehydes is 1. The Kier molecular flexibility index (Phi) is 3.20. The Morgan fingerprint density at radius 2 is 2.15 bits per heavy atom. The van der Waals surface area contributed by atoms with Crippen LogP contribution in [0.1, 0.15) is 22.8 Å². The Labute approximate surface area is 77.3 Å². The third-order valence-electron chi connectivity index (χ3n) is 1.76. The van der Waals surface area contributed by atoms with Gasteiger partial charge in [0, 0.05) is 23.9 Å². The molecular formula is C10H12N2O. The molecule has 0 fully saturated rings. The molecule has 0 atom stereocenters. The zero-order valence-electron chi connectivity index (χ0n) is 7.50. The number of para-hydroxylation sites is 1. The van der Waals surface area contributed by atoms with E-state index in [-0.39, 0.29) is 0 Å². The van der Waals surface area contributed by atoms with Crippen LogP contribution in [-0.2, 0) is 0 Å². The van der Waals surface area contributed by atoms with Gasteiger partial charge in [-0.15, -0.1) is 0 Å². The number of carbonyl (C=O) groups excluding carboxylic acids is 1. The minimum Gasteiger partial charge on any atom is -0.384 e. The van der Waals surface area contributed by atoms with Crippen LogP contribution in [0.3, 0.4) is 0 Å². The molecule has 68 valence electrons. The summed E-state index contributed by atoms with van der Waals surface area (Å²) in [4.78, 5) is 10.7. The van der Waals surface area contributed by atoms with Gasteiger partial charge in [-0.05, 0) is 13.0 Å². The van der Waals surface area contributed by atoms with Crippen molar-refractivity contribution in [2.45, 2.75) is 6.92 Å². The molecule has 0 aliphatic rings. The summed E-state index contributed by atoms with van der Waals surface area (Å²) in [5.41, 5.74) is 2.09. The van der Waals surface area contributed by atoms with Crippen LogP contribution in [0.4, 0.5) is 5.69 Å². The summed E-state index contributed by atoms with van der Waals surface area (Å²) in [5.74, 6) is 0. The smallest absolute Gasteiger partial charge is 0.152 e. The number of benzene rings is 1. The van der Waals surface area contributed by atoms with Gasteiger partial charge in [-0.2, -0.15) is 0 Å². The van der Waals surface area contributed by atoms with Gasteiger partial charge in [0.2, 0.25) is 0 Å². The molecule has 0 heterocycles. The van der Waals surface area contributed by atoms with E-state index in [1.54, 1.807) is 18.2 Å². The van der Waals surface area contributed by atoms with Crippen molar-refractivity contribution in [3.05, 3.63) is 29.3 Å². The normalized spacial score (nSPS) is 9.31. The second-order valence-electron chi connectivity index (χ2n) is 2.60. The average molecular weight is 176 g/mol. The number of carbonyl (C=O) groups is 1. The highest BCUT2D eigenvalue weighted by atomic mass is 16.1. The summed E-state index contributed by atoms with van der Waals surface area (Å²) >= 11 is 0. The summed E-state index contributed by atoms with van der Waals surface area (Å²) in [5, 5.41) is 10.2. The van der Waals surface area contributed by atoms with Crippen molar-refractivity contribution < 1.29 is 4.79 Å².